The zero-order chi connectivity index (χ0) is 16.2. The topological polar surface area (TPSA) is 104 Å². The average molecular weight is 408 g/mol. The number of nitrogens with two attached hydrogens (primary N) is 1. The van der Waals surface area contributed by atoms with Crippen LogP contribution in [0.4, 0.5) is 0 Å². The van der Waals surface area contributed by atoms with Gasteiger partial charge in [0.05, 0.1) is 12.1 Å². The first-order chi connectivity index (χ1) is 10.5. The highest BCUT2D eigenvalue weighted by Gasteiger charge is 2.93. The van der Waals surface area contributed by atoms with Crippen molar-refractivity contribution < 1.29 is 9.47 Å². The quantitative estimate of drug-likeness (QED) is 0.606. The molecule has 3 rings (SSSR count). The molecule has 0 saturated heterocycles. The number of ether oxygens (including phenoxy) is 2. The third-order valence-corrected chi connectivity index (χ3v) is 5.40. The Kier molecular flexibility index (Phi) is 3.22. The van der Waals surface area contributed by atoms with Crippen LogP contribution in [0.1, 0.15) is 11.5 Å². The van der Waals surface area contributed by atoms with Crippen LogP contribution in [0.25, 0.3) is 0 Å². The molecular weight excluding hydrogens is 395 g/mol. The summed E-state index contributed by atoms with van der Waals surface area (Å²) in [4.78, 5) is 4.17. The first kappa shape index (κ1) is 15.2. The zero-order valence-electron chi connectivity index (χ0n) is 12.0. The molecule has 112 valence electrons. The molecule has 2 aliphatic rings. The summed E-state index contributed by atoms with van der Waals surface area (Å²) in [6, 6.07) is 12.1. The Hall–Kier alpha value is -1.68. The van der Waals surface area contributed by atoms with E-state index in [1.54, 1.807) is 0 Å². The summed E-state index contributed by atoms with van der Waals surface area (Å²) in [5.41, 5.74) is 4.37. The van der Waals surface area contributed by atoms with Gasteiger partial charge < -0.3 is 15.2 Å². The predicted molar refractivity (Wildman–Crippen MR) is 86.4 cm³/mol. The smallest absolute Gasteiger partial charge is 0.292 e. The third kappa shape index (κ3) is 1.37. The summed E-state index contributed by atoms with van der Waals surface area (Å²) < 4.78 is 11.9. The summed E-state index contributed by atoms with van der Waals surface area (Å²) in [5, 5.41) is 19.6. The van der Waals surface area contributed by atoms with Gasteiger partial charge in [-0.05, 0) is 40.3 Å². The predicted octanol–water partition coefficient (Wildman–Crippen LogP) is 1.73. The minimum absolute atomic E-state index is 0.0869. The van der Waals surface area contributed by atoms with Gasteiger partial charge in [-0.15, -0.1) is 0 Å². The molecule has 1 fully saturated rings. The van der Waals surface area contributed by atoms with E-state index in [-0.39, 0.29) is 5.84 Å². The SMILES string of the molecule is COC1(OC)N=C(N)[C@]2(C#N)[C@H](c3ccc(I)cc3)[C@@]12C#N. The van der Waals surface area contributed by atoms with Gasteiger partial charge in [-0.3, -0.25) is 0 Å². The second-order valence-corrected chi connectivity index (χ2v) is 6.56. The van der Waals surface area contributed by atoms with Gasteiger partial charge in [-0.25, -0.2) is 4.99 Å². The number of hydrogen-bond acceptors (Lipinski definition) is 6. The fraction of sp³-hybridized carbons (Fsp3) is 0.400. The number of fused-ring (bicyclic) bond motifs is 1. The van der Waals surface area contributed by atoms with E-state index in [1.165, 1.54) is 14.2 Å². The van der Waals surface area contributed by atoms with Gasteiger partial charge >= 0.3 is 0 Å². The van der Waals surface area contributed by atoms with Crippen molar-refractivity contribution >= 4 is 28.4 Å². The molecule has 0 spiro atoms. The maximum Gasteiger partial charge on any atom is 0.292 e. The molecule has 1 aromatic rings. The van der Waals surface area contributed by atoms with Crippen LogP contribution >= 0.6 is 22.6 Å². The van der Waals surface area contributed by atoms with E-state index in [2.05, 4.69) is 39.7 Å². The molecule has 0 unspecified atom stereocenters. The molecular formula is C15H13IN4O2. The monoisotopic (exact) mass is 408 g/mol. The van der Waals surface area contributed by atoms with Crippen LogP contribution in [0.2, 0.25) is 0 Å². The average Bonchev–Trinajstić information content (AvgIpc) is 3.11. The number of hydrogen-bond donors (Lipinski definition) is 1. The summed E-state index contributed by atoms with van der Waals surface area (Å²) in [6.07, 6.45) is 0. The van der Waals surface area contributed by atoms with Gasteiger partial charge in [0.25, 0.3) is 5.91 Å². The molecule has 0 radical (unpaired) electrons. The highest BCUT2D eigenvalue weighted by atomic mass is 127. The molecule has 22 heavy (non-hydrogen) atoms. The van der Waals surface area contributed by atoms with E-state index in [0.29, 0.717) is 0 Å². The maximum absolute atomic E-state index is 9.87. The van der Waals surface area contributed by atoms with Crippen molar-refractivity contribution in [2.24, 2.45) is 21.6 Å². The fourth-order valence-corrected chi connectivity index (χ4v) is 4.04. The molecule has 0 bridgehead atoms. The van der Waals surface area contributed by atoms with Gasteiger partial charge in [0, 0.05) is 23.7 Å². The first-order valence-corrected chi connectivity index (χ1v) is 7.61. The highest BCUT2D eigenvalue weighted by molar-refractivity contribution is 14.1. The van der Waals surface area contributed by atoms with Crippen LogP contribution in [0.5, 0.6) is 0 Å². The third-order valence-electron chi connectivity index (χ3n) is 4.68. The molecule has 0 amide bonds. The highest BCUT2D eigenvalue weighted by Crippen LogP contribution is 2.81. The van der Waals surface area contributed by atoms with Crippen LogP contribution in [-0.4, -0.2) is 26.0 Å². The molecule has 1 aromatic carbocycles. The molecule has 0 aromatic heterocycles. The second kappa shape index (κ2) is 4.66. The minimum Gasteiger partial charge on any atom is -0.386 e. The lowest BCUT2D eigenvalue weighted by Crippen LogP contribution is -2.41. The van der Waals surface area contributed by atoms with Crippen LogP contribution in [0.3, 0.4) is 0 Å². The van der Waals surface area contributed by atoms with Crippen LogP contribution in [0, 0.1) is 37.1 Å². The lowest BCUT2D eigenvalue weighted by atomic mass is 9.93. The number of amidine groups is 1. The van der Waals surface area contributed by atoms with Crippen molar-refractivity contribution in [2.75, 3.05) is 14.2 Å². The van der Waals surface area contributed by atoms with Gasteiger partial charge in [0.15, 0.2) is 5.41 Å². The van der Waals surface area contributed by atoms with Crippen molar-refractivity contribution in [1.82, 2.24) is 0 Å². The summed E-state index contributed by atoms with van der Waals surface area (Å²) in [6.45, 7) is 0. The Labute approximate surface area is 141 Å². The second-order valence-electron chi connectivity index (χ2n) is 5.31. The molecule has 1 aliphatic carbocycles. The van der Waals surface area contributed by atoms with Crippen molar-refractivity contribution in [2.45, 2.75) is 11.8 Å². The van der Waals surface area contributed by atoms with Crippen LogP contribution in [0.15, 0.2) is 29.3 Å². The molecule has 1 saturated carbocycles. The standard InChI is InChI=1S/C15H13IN4O2/c1-21-15(22-2)14(8-18)11(9-3-5-10(16)6-4-9)13(14,7-17)12(19)20-15/h3-6,11H,1-2H3,(H2,19,20)/t11-,13-,14+/m0/s1. The van der Waals surface area contributed by atoms with Gasteiger partial charge in [0.1, 0.15) is 11.3 Å². The first-order valence-electron chi connectivity index (χ1n) is 6.53. The zero-order valence-corrected chi connectivity index (χ0v) is 14.2. The number of nitrogens with zero attached hydrogens (tertiary/aromatic N) is 3. The summed E-state index contributed by atoms with van der Waals surface area (Å²) in [5.74, 6) is -1.91. The Balaban J connectivity index is 2.23. The molecule has 1 heterocycles. The number of halogens is 1. The number of benzene rings is 1. The largest absolute Gasteiger partial charge is 0.386 e. The number of aliphatic imine (C=N–C) groups is 1. The molecule has 7 heteroatoms. The Morgan fingerprint density at radius 3 is 2.23 bits per heavy atom. The van der Waals surface area contributed by atoms with Crippen molar-refractivity contribution in [3.63, 3.8) is 0 Å². The Morgan fingerprint density at radius 1 is 1.18 bits per heavy atom. The lowest BCUT2D eigenvalue weighted by molar-refractivity contribution is -0.230. The Bertz CT molecular complexity index is 744. The van der Waals surface area contributed by atoms with E-state index >= 15 is 0 Å². The number of methoxy groups -OCH3 is 2. The summed E-state index contributed by atoms with van der Waals surface area (Å²) >= 11 is 2.20. The minimum atomic E-state index is -1.56. The van der Waals surface area contributed by atoms with E-state index in [9.17, 15) is 10.5 Å². The maximum atomic E-state index is 9.87. The van der Waals surface area contributed by atoms with Crippen molar-refractivity contribution in [3.8, 4) is 12.1 Å². The van der Waals surface area contributed by atoms with E-state index in [0.717, 1.165) is 9.13 Å². The van der Waals surface area contributed by atoms with Gasteiger partial charge in [-0.1, -0.05) is 12.1 Å². The fourth-order valence-electron chi connectivity index (χ4n) is 3.68. The van der Waals surface area contributed by atoms with Crippen LogP contribution in [-0.2, 0) is 9.47 Å². The van der Waals surface area contributed by atoms with Crippen molar-refractivity contribution in [1.29, 1.82) is 10.5 Å². The van der Waals surface area contributed by atoms with E-state index in [1.807, 2.05) is 24.3 Å². The summed E-state index contributed by atoms with van der Waals surface area (Å²) in [7, 11) is 2.80. The van der Waals surface area contributed by atoms with Gasteiger partial charge in [-0.2, -0.15) is 10.5 Å². The number of nitriles is 2. The lowest BCUT2D eigenvalue weighted by Gasteiger charge is -2.29. The molecule has 6 nitrogen and oxygen atoms in total. The van der Waals surface area contributed by atoms with E-state index in [4.69, 9.17) is 15.2 Å². The van der Waals surface area contributed by atoms with Gasteiger partial charge in [0.2, 0.25) is 0 Å². The molecule has 2 N–H and O–H groups in total. The normalized spacial score (nSPS) is 34.2. The number of rotatable bonds is 3. The van der Waals surface area contributed by atoms with Crippen molar-refractivity contribution in [3.05, 3.63) is 33.4 Å². The van der Waals surface area contributed by atoms with E-state index < -0.39 is 22.7 Å². The Morgan fingerprint density at radius 2 is 1.77 bits per heavy atom. The van der Waals surface area contributed by atoms with Crippen LogP contribution < -0.4 is 5.73 Å². The molecule has 3 atom stereocenters. The molecule has 1 aliphatic heterocycles.